The summed E-state index contributed by atoms with van der Waals surface area (Å²) in [5.41, 5.74) is 1.91. The van der Waals surface area contributed by atoms with Crippen LogP contribution >= 0.6 is 11.3 Å². The number of aromatic nitrogens is 4. The summed E-state index contributed by atoms with van der Waals surface area (Å²) in [7, 11) is 1.86. The number of benzene rings is 1. The van der Waals surface area contributed by atoms with Crippen LogP contribution in [-0.2, 0) is 0 Å². The van der Waals surface area contributed by atoms with E-state index in [0.29, 0.717) is 77.3 Å². The van der Waals surface area contributed by atoms with Gasteiger partial charge in [-0.25, -0.2) is 18.9 Å². The molecule has 1 spiro atoms. The van der Waals surface area contributed by atoms with Gasteiger partial charge in [-0.3, -0.25) is 0 Å². The summed E-state index contributed by atoms with van der Waals surface area (Å²) in [6, 6.07) is 10.1. The fraction of sp³-hybridized carbons (Fsp3) is 0.452. The predicted octanol–water partition coefficient (Wildman–Crippen LogP) is 4.51. The molecule has 8 rings (SSSR count). The Kier molecular flexibility index (Phi) is 6.47. The summed E-state index contributed by atoms with van der Waals surface area (Å²) in [5.74, 6) is -0.185. The number of hydrogen-bond acceptors (Lipinski definition) is 9. The number of carbonyl (C=O) groups is 1. The number of thiazole rings is 1. The molecule has 4 fully saturated rings. The maximum absolute atomic E-state index is 15.6. The first kappa shape index (κ1) is 28.1. The van der Waals surface area contributed by atoms with E-state index in [4.69, 9.17) is 10.1 Å². The molecule has 11 nitrogen and oxygen atoms in total. The number of aliphatic hydroxyl groups is 1. The largest absolute Gasteiger partial charge is 0.389 e. The van der Waals surface area contributed by atoms with Crippen molar-refractivity contribution in [3.05, 3.63) is 47.0 Å². The molecule has 0 unspecified atom stereocenters. The lowest BCUT2D eigenvalue weighted by molar-refractivity contribution is -0.0311. The number of anilines is 3. The number of pyridine rings is 1. The Hall–Kier alpha value is -4.35. The van der Waals surface area contributed by atoms with Gasteiger partial charge in [0, 0.05) is 44.2 Å². The summed E-state index contributed by atoms with van der Waals surface area (Å²) in [6.45, 7) is 3.47. The van der Waals surface area contributed by atoms with E-state index in [1.807, 2.05) is 32.5 Å². The summed E-state index contributed by atoms with van der Waals surface area (Å²) in [5, 5.41) is 25.4. The molecule has 1 saturated carbocycles. The maximum Gasteiger partial charge on any atom is 0.320 e. The summed E-state index contributed by atoms with van der Waals surface area (Å²) < 4.78 is 31.0. The van der Waals surface area contributed by atoms with Crippen molar-refractivity contribution in [2.75, 3.05) is 56.1 Å². The van der Waals surface area contributed by atoms with Crippen molar-refractivity contribution in [2.24, 2.45) is 5.41 Å². The first-order valence-electron chi connectivity index (χ1n) is 15.2. The highest BCUT2D eigenvalue weighted by Gasteiger charge is 2.49. The molecule has 3 aromatic heterocycles. The van der Waals surface area contributed by atoms with E-state index < -0.39 is 12.1 Å². The number of fused-ring (bicyclic) bond motifs is 1. The molecule has 45 heavy (non-hydrogen) atoms. The number of likely N-dealkylation sites (tertiary alicyclic amines) is 2. The van der Waals surface area contributed by atoms with Gasteiger partial charge in [0.1, 0.15) is 28.3 Å². The molecule has 3 saturated heterocycles. The van der Waals surface area contributed by atoms with Gasteiger partial charge in [0.2, 0.25) is 5.95 Å². The summed E-state index contributed by atoms with van der Waals surface area (Å²) in [4.78, 5) is 29.6. The molecule has 0 atom stereocenters. The number of urea groups is 1. The van der Waals surface area contributed by atoms with Crippen molar-refractivity contribution in [1.82, 2.24) is 29.5 Å². The second kappa shape index (κ2) is 10.3. The zero-order valence-corrected chi connectivity index (χ0v) is 25.5. The quantitative estimate of drug-likeness (QED) is 0.320. The van der Waals surface area contributed by atoms with Crippen molar-refractivity contribution >= 4 is 45.0 Å². The van der Waals surface area contributed by atoms with Gasteiger partial charge >= 0.3 is 6.03 Å². The standard InChI is InChI=1S/C31H31F2N9O2S/c1-38(29-35-25(24(13-34)45-29)18-2-4-19(32)5-3-18)28-22-12-23(26(33)36-27(22)37-42(28)20-6-7-20)39-10-8-31(9-11-39)16-41(17-31)30(44)40-14-21(43)15-40/h2-5,12,20-21,43H,6-11,14-17H2,1H3. The Labute approximate surface area is 261 Å². The van der Waals surface area contributed by atoms with E-state index in [0.717, 1.165) is 31.5 Å². The van der Waals surface area contributed by atoms with E-state index in [2.05, 4.69) is 11.1 Å². The van der Waals surface area contributed by atoms with Crippen LogP contribution in [0.3, 0.4) is 0 Å². The number of piperidine rings is 1. The van der Waals surface area contributed by atoms with E-state index in [1.54, 1.807) is 17.0 Å². The second-order valence-electron chi connectivity index (χ2n) is 12.7. The molecule has 1 N–H and O–H groups in total. The third-order valence-corrected chi connectivity index (χ3v) is 10.6. The normalized spacial score (nSPS) is 19.5. The number of hydrogen-bond donors (Lipinski definition) is 1. The lowest BCUT2D eigenvalue weighted by Gasteiger charge is -2.55. The van der Waals surface area contributed by atoms with E-state index in [1.165, 1.54) is 23.5 Å². The fourth-order valence-corrected chi connectivity index (χ4v) is 7.63. The summed E-state index contributed by atoms with van der Waals surface area (Å²) in [6.07, 6.45) is 3.18. The molecule has 4 aromatic rings. The molecule has 232 valence electrons. The minimum Gasteiger partial charge on any atom is -0.389 e. The van der Waals surface area contributed by atoms with Gasteiger partial charge in [-0.05, 0) is 56.0 Å². The van der Waals surface area contributed by atoms with Crippen LogP contribution < -0.4 is 9.80 Å². The highest BCUT2D eigenvalue weighted by Crippen LogP contribution is 2.46. The molecule has 0 radical (unpaired) electrons. The highest BCUT2D eigenvalue weighted by atomic mass is 32.1. The number of rotatable bonds is 5. The second-order valence-corrected chi connectivity index (χ2v) is 13.7. The van der Waals surface area contributed by atoms with Gasteiger partial charge in [-0.2, -0.15) is 19.7 Å². The summed E-state index contributed by atoms with van der Waals surface area (Å²) >= 11 is 1.24. The van der Waals surface area contributed by atoms with E-state index in [-0.39, 0.29) is 23.3 Å². The highest BCUT2D eigenvalue weighted by molar-refractivity contribution is 7.16. The molecule has 14 heteroatoms. The smallest absolute Gasteiger partial charge is 0.320 e. The third kappa shape index (κ3) is 4.76. The van der Waals surface area contributed by atoms with Crippen LogP contribution in [0.15, 0.2) is 30.3 Å². The van der Waals surface area contributed by atoms with Crippen molar-refractivity contribution in [3.8, 4) is 17.3 Å². The predicted molar refractivity (Wildman–Crippen MR) is 164 cm³/mol. The first-order chi connectivity index (χ1) is 21.7. The van der Waals surface area contributed by atoms with Gasteiger partial charge in [-0.15, -0.1) is 0 Å². The van der Waals surface area contributed by atoms with Crippen LogP contribution in [0.4, 0.5) is 30.2 Å². The zero-order chi connectivity index (χ0) is 31.0. The van der Waals surface area contributed by atoms with Crippen LogP contribution in [0.5, 0.6) is 0 Å². The van der Waals surface area contributed by atoms with Crippen LogP contribution in [0.2, 0.25) is 0 Å². The molecule has 1 aliphatic carbocycles. The van der Waals surface area contributed by atoms with Gasteiger partial charge in [-0.1, -0.05) is 11.3 Å². The Morgan fingerprint density at radius 2 is 1.82 bits per heavy atom. The number of β-amino-alcohol motifs (C(OH)–C–C–N with tert-alkyl or cyclic N) is 1. The lowest BCUT2D eigenvalue weighted by Crippen LogP contribution is -2.67. The van der Waals surface area contributed by atoms with Crippen LogP contribution in [0.1, 0.15) is 36.6 Å². The van der Waals surface area contributed by atoms with Crippen LogP contribution in [-0.4, -0.2) is 93.1 Å². The average Bonchev–Trinajstić information content (AvgIpc) is 3.66. The van der Waals surface area contributed by atoms with Crippen molar-refractivity contribution < 1.29 is 18.7 Å². The molecule has 6 heterocycles. The molecular formula is C31H31F2N9O2S. The molecule has 4 aliphatic rings. The minimum atomic E-state index is -0.561. The average molecular weight is 632 g/mol. The van der Waals surface area contributed by atoms with Crippen LogP contribution in [0, 0.1) is 28.5 Å². The Balaban J connectivity index is 1.06. The number of aliphatic hydroxyl groups excluding tert-OH is 1. The van der Waals surface area contributed by atoms with Gasteiger partial charge in [0.15, 0.2) is 10.8 Å². The monoisotopic (exact) mass is 631 g/mol. The van der Waals surface area contributed by atoms with Gasteiger partial charge < -0.3 is 24.7 Å². The van der Waals surface area contributed by atoms with Gasteiger partial charge in [0.25, 0.3) is 0 Å². The molecule has 1 aromatic carbocycles. The number of halogens is 2. The molecule has 2 amide bonds. The van der Waals surface area contributed by atoms with Crippen molar-refractivity contribution in [3.63, 3.8) is 0 Å². The SMILES string of the molecule is CN(c1nc(-c2ccc(F)cc2)c(C#N)s1)c1c2cc(N3CCC4(CC3)CN(C(=O)N3CC(O)C3)C4)c(F)nc2nn1C1CC1. The lowest BCUT2D eigenvalue weighted by atomic mass is 9.72. The third-order valence-electron chi connectivity index (χ3n) is 9.55. The zero-order valence-electron chi connectivity index (χ0n) is 24.7. The first-order valence-corrected chi connectivity index (χ1v) is 16.0. The molecular weight excluding hydrogens is 600 g/mol. The Morgan fingerprint density at radius 3 is 2.47 bits per heavy atom. The Bertz CT molecular complexity index is 1840. The number of nitriles is 1. The van der Waals surface area contributed by atoms with E-state index in [9.17, 15) is 19.6 Å². The Morgan fingerprint density at radius 1 is 1.11 bits per heavy atom. The van der Waals surface area contributed by atoms with Crippen LogP contribution in [0.25, 0.3) is 22.3 Å². The van der Waals surface area contributed by atoms with E-state index >= 15 is 4.39 Å². The van der Waals surface area contributed by atoms with Crippen molar-refractivity contribution in [2.45, 2.75) is 37.8 Å². The number of nitrogens with zero attached hydrogens (tertiary/aromatic N) is 9. The topological polar surface area (TPSA) is 118 Å². The fourth-order valence-electron chi connectivity index (χ4n) is 6.79. The number of amides is 2. The minimum absolute atomic E-state index is 0.00900. The number of carbonyl (C=O) groups excluding carboxylic acids is 1. The van der Waals surface area contributed by atoms with Gasteiger partial charge in [0.05, 0.1) is 36.3 Å². The maximum atomic E-state index is 15.6. The molecule has 3 aliphatic heterocycles. The van der Waals surface area contributed by atoms with Crippen molar-refractivity contribution in [1.29, 1.82) is 5.26 Å². The molecule has 0 bridgehead atoms.